The van der Waals surface area contributed by atoms with Crippen LogP contribution in [0.3, 0.4) is 0 Å². The third kappa shape index (κ3) is 16.6. The fourth-order valence-corrected chi connectivity index (χ4v) is 12.3. The van der Waals surface area contributed by atoms with Crippen molar-refractivity contribution in [2.24, 2.45) is 10.8 Å². The molecule has 2 aliphatic heterocycles. The number of thiophene rings is 2. The number of carbonyl (C=O) groups excluding carboxylic acids is 4. The van der Waals surface area contributed by atoms with Crippen molar-refractivity contribution >= 4 is 57.8 Å². The summed E-state index contributed by atoms with van der Waals surface area (Å²) in [5, 5.41) is 3.96. The Balaban J connectivity index is 0.937. The van der Waals surface area contributed by atoms with Crippen LogP contribution in [0.25, 0.3) is 11.4 Å². The van der Waals surface area contributed by atoms with Crippen LogP contribution >= 0.6 is 22.7 Å². The van der Waals surface area contributed by atoms with Crippen molar-refractivity contribution in [1.82, 2.24) is 9.80 Å². The van der Waals surface area contributed by atoms with Crippen molar-refractivity contribution in [3.8, 4) is 0 Å². The largest absolute Gasteiger partial charge is 0.463 e. The fourth-order valence-electron chi connectivity index (χ4n) is 10.8. The Bertz CT molecular complexity index is 2600. The Labute approximate surface area is 463 Å². The number of carbonyl (C=O) groups is 4. The van der Waals surface area contributed by atoms with E-state index in [0.29, 0.717) is 48.8 Å². The monoisotopic (exact) mass is 1060 g/mol. The smallest absolute Gasteiger partial charge is 0.331 e. The summed E-state index contributed by atoms with van der Waals surface area (Å²) in [5.74, 6) is -0.965. The molecule has 4 heterocycles. The van der Waals surface area contributed by atoms with Crippen LogP contribution in [0.1, 0.15) is 169 Å². The van der Waals surface area contributed by atoms with Gasteiger partial charge >= 0.3 is 11.9 Å². The molecule has 406 valence electrons. The van der Waals surface area contributed by atoms with Crippen molar-refractivity contribution < 1.29 is 28.7 Å². The van der Waals surface area contributed by atoms with Gasteiger partial charge in [-0.15, -0.1) is 22.7 Å². The Morgan fingerprint density at radius 1 is 0.566 bits per heavy atom. The molecular formula is C66H84N2O6S2. The van der Waals surface area contributed by atoms with Gasteiger partial charge in [0.25, 0.3) is 11.8 Å². The number of ether oxygens (including phenoxy) is 2. The van der Waals surface area contributed by atoms with E-state index in [1.54, 1.807) is 0 Å². The van der Waals surface area contributed by atoms with E-state index in [4.69, 9.17) is 9.47 Å². The van der Waals surface area contributed by atoms with Gasteiger partial charge in [0.2, 0.25) is 0 Å². The van der Waals surface area contributed by atoms with Crippen molar-refractivity contribution in [2.45, 2.75) is 159 Å². The first-order valence-electron chi connectivity index (χ1n) is 27.7. The molecule has 0 N–H and O–H groups in total. The average Bonchev–Trinajstić information content (AvgIpc) is 4.19. The molecule has 8 nitrogen and oxygen atoms in total. The SMILES string of the molecule is CC1=C(/C=C/C(C)=C/C=C/C(C)=C/C(=O)OCCCCCCN2C(=O)C3=C(c4cccs4)N(CCCCCCOC(=O)/C=C(C)/C=C/C=C(C)/C=C/C4=C(C)CCCC4(C)C)C(=O)C3=C2c2cccs2)C(C)(C)CCC1. The molecule has 0 radical (unpaired) electrons. The first kappa shape index (κ1) is 59.4. The van der Waals surface area contributed by atoms with Crippen molar-refractivity contribution in [3.63, 3.8) is 0 Å². The summed E-state index contributed by atoms with van der Waals surface area (Å²) < 4.78 is 11.1. The lowest BCUT2D eigenvalue weighted by Crippen LogP contribution is -2.30. The Morgan fingerprint density at radius 2 is 0.961 bits per heavy atom. The Hall–Kier alpha value is -5.84. The Kier molecular flexibility index (Phi) is 22.3. The number of esters is 2. The van der Waals surface area contributed by atoms with Gasteiger partial charge in [-0.05, 0) is 175 Å². The fraction of sp³-hybridized carbons (Fsp3) is 0.455. The third-order valence-corrected chi connectivity index (χ3v) is 16.7. The normalized spacial score (nSPS) is 18.9. The number of allylic oxidation sites excluding steroid dienone is 18. The second-order valence-electron chi connectivity index (χ2n) is 22.3. The number of hydrogen-bond acceptors (Lipinski definition) is 8. The summed E-state index contributed by atoms with van der Waals surface area (Å²) in [7, 11) is 0. The van der Waals surface area contributed by atoms with Crippen molar-refractivity contribution in [2.75, 3.05) is 26.3 Å². The minimum Gasteiger partial charge on any atom is -0.463 e. The highest BCUT2D eigenvalue weighted by molar-refractivity contribution is 7.11. The van der Waals surface area contributed by atoms with Gasteiger partial charge in [0.15, 0.2) is 0 Å². The zero-order chi connectivity index (χ0) is 54.8. The molecule has 0 saturated heterocycles. The molecule has 0 saturated carbocycles. The first-order valence-corrected chi connectivity index (χ1v) is 29.5. The van der Waals surface area contributed by atoms with E-state index in [1.165, 1.54) is 95.6 Å². The van der Waals surface area contributed by atoms with Crippen LogP contribution in [0.5, 0.6) is 0 Å². The van der Waals surface area contributed by atoms with E-state index in [2.05, 4.69) is 91.8 Å². The van der Waals surface area contributed by atoms with Crippen molar-refractivity contribution in [3.05, 3.63) is 173 Å². The maximum absolute atomic E-state index is 14.5. The number of nitrogens with zero attached hydrogens (tertiary/aromatic N) is 2. The van der Waals surface area contributed by atoms with E-state index in [-0.39, 0.29) is 34.6 Å². The van der Waals surface area contributed by atoms with Crippen LogP contribution in [0.4, 0.5) is 0 Å². The van der Waals surface area contributed by atoms with Crippen LogP contribution in [-0.4, -0.2) is 59.9 Å². The number of unbranched alkanes of at least 4 members (excludes halogenated alkanes) is 6. The summed E-state index contributed by atoms with van der Waals surface area (Å²) >= 11 is 3.07. The van der Waals surface area contributed by atoms with E-state index in [1.807, 2.05) is 83.0 Å². The number of fused-ring (bicyclic) bond motifs is 1. The molecule has 0 spiro atoms. The lowest BCUT2D eigenvalue weighted by Gasteiger charge is -2.33. The molecule has 4 aliphatic rings. The third-order valence-electron chi connectivity index (χ3n) is 15.0. The molecule has 10 heteroatoms. The quantitative estimate of drug-likeness (QED) is 0.0403. The molecule has 0 fully saturated rings. The zero-order valence-corrected chi connectivity index (χ0v) is 48.9. The van der Waals surface area contributed by atoms with E-state index >= 15 is 0 Å². The van der Waals surface area contributed by atoms with Gasteiger partial charge < -0.3 is 19.3 Å². The summed E-state index contributed by atoms with van der Waals surface area (Å²) in [6.07, 6.45) is 37.5. The topological polar surface area (TPSA) is 93.2 Å². The van der Waals surface area contributed by atoms with Gasteiger partial charge in [0, 0.05) is 25.2 Å². The molecule has 0 bridgehead atoms. The minimum atomic E-state index is -0.352. The van der Waals surface area contributed by atoms with E-state index < -0.39 is 0 Å². The maximum atomic E-state index is 14.5. The highest BCUT2D eigenvalue weighted by atomic mass is 32.1. The lowest BCUT2D eigenvalue weighted by atomic mass is 9.72. The van der Waals surface area contributed by atoms with Crippen LogP contribution in [-0.2, 0) is 28.7 Å². The molecule has 2 aliphatic carbocycles. The van der Waals surface area contributed by atoms with Crippen LogP contribution < -0.4 is 0 Å². The van der Waals surface area contributed by atoms with Gasteiger partial charge in [-0.1, -0.05) is 136 Å². The van der Waals surface area contributed by atoms with Crippen LogP contribution in [0.15, 0.2) is 164 Å². The second-order valence-corrected chi connectivity index (χ2v) is 24.2. The lowest BCUT2D eigenvalue weighted by molar-refractivity contribution is -0.138. The molecule has 2 aromatic heterocycles. The van der Waals surface area contributed by atoms with Gasteiger partial charge in [0.05, 0.1) is 45.5 Å². The van der Waals surface area contributed by atoms with Gasteiger partial charge in [-0.3, -0.25) is 9.59 Å². The molecule has 2 amide bonds. The molecule has 6 rings (SSSR count). The van der Waals surface area contributed by atoms with Gasteiger partial charge in [-0.25, -0.2) is 9.59 Å². The predicted molar refractivity (Wildman–Crippen MR) is 317 cm³/mol. The average molecular weight is 1070 g/mol. The number of rotatable bonds is 26. The number of amides is 2. The second kappa shape index (κ2) is 28.5. The van der Waals surface area contributed by atoms with Crippen LogP contribution in [0.2, 0.25) is 0 Å². The van der Waals surface area contributed by atoms with Crippen molar-refractivity contribution in [1.29, 1.82) is 0 Å². The standard InChI is InChI=1S/C66H84N2O6S2/c1-47(33-35-53-51(5)29-21-37-65(53,7)8)25-19-27-49(3)45-57(69)73-41-17-13-11-15-39-67-61(55-31-23-43-75-55)59-60(63(67)71)62(56-32-24-44-76-56)68(64(59)72)40-16-12-14-18-42-74-58(70)46-50(4)28-20-26-48(2)34-36-54-52(6)30-22-38-66(54,9)10/h19-20,23-28,31-36,43-46H,11-18,21-22,29-30,37-42H2,1-10H3/b27-19+,28-20+,35-33+,36-34+,47-25+,48-26+,49-45+,50-46+. The predicted octanol–water partition coefficient (Wildman–Crippen LogP) is 16.9. The summed E-state index contributed by atoms with van der Waals surface area (Å²) in [6.45, 7) is 23.4. The summed E-state index contributed by atoms with van der Waals surface area (Å²) in [4.78, 5) is 59.7. The molecule has 0 atom stereocenters. The Morgan fingerprint density at radius 3 is 1.33 bits per heavy atom. The van der Waals surface area contributed by atoms with E-state index in [0.717, 1.165) is 83.4 Å². The van der Waals surface area contributed by atoms with E-state index in [9.17, 15) is 19.2 Å². The molecule has 0 aromatic carbocycles. The maximum Gasteiger partial charge on any atom is 0.331 e. The summed E-state index contributed by atoms with van der Waals surface area (Å²) in [6, 6.07) is 7.89. The molecule has 76 heavy (non-hydrogen) atoms. The zero-order valence-electron chi connectivity index (χ0n) is 47.3. The summed E-state index contributed by atoms with van der Waals surface area (Å²) in [5.41, 5.74) is 12.6. The van der Waals surface area contributed by atoms with Gasteiger partial charge in [-0.2, -0.15) is 0 Å². The van der Waals surface area contributed by atoms with Gasteiger partial charge in [0.1, 0.15) is 0 Å². The number of hydrogen-bond donors (Lipinski definition) is 0. The highest BCUT2D eigenvalue weighted by Crippen LogP contribution is 2.48. The minimum absolute atomic E-state index is 0.131. The first-order chi connectivity index (χ1) is 36.4. The molecular weight excluding hydrogens is 981 g/mol. The molecule has 2 aromatic rings. The highest BCUT2D eigenvalue weighted by Gasteiger charge is 2.49. The molecule has 0 unspecified atom stereocenters. The van der Waals surface area contributed by atoms with Crippen LogP contribution in [0, 0.1) is 10.8 Å².